The molecule has 6 nitrogen and oxygen atoms in total. The van der Waals surface area contributed by atoms with E-state index in [0.29, 0.717) is 0 Å². The Bertz CT molecular complexity index is 866. The monoisotopic (exact) mass is 311 g/mol. The number of aryl methyl sites for hydroxylation is 1. The molecule has 6 heteroatoms. The van der Waals surface area contributed by atoms with Crippen LogP contribution >= 0.6 is 0 Å². The van der Waals surface area contributed by atoms with Gasteiger partial charge in [-0.25, -0.2) is 4.79 Å². The van der Waals surface area contributed by atoms with E-state index in [9.17, 15) is 4.79 Å². The van der Waals surface area contributed by atoms with Gasteiger partial charge in [-0.15, -0.1) is 0 Å². The molecule has 1 aliphatic rings. The third-order valence-corrected chi connectivity index (χ3v) is 4.70. The van der Waals surface area contributed by atoms with E-state index in [1.165, 1.54) is 0 Å². The first-order chi connectivity index (χ1) is 11.2. The fraction of sp³-hybridized carbons (Fsp3) is 0.412. The number of hydrogen-bond acceptors (Lipinski definition) is 3. The van der Waals surface area contributed by atoms with Crippen molar-refractivity contribution in [1.82, 2.24) is 24.2 Å². The number of imidazole rings is 1. The number of rotatable bonds is 3. The maximum absolute atomic E-state index is 12.3. The normalized spacial score (nSPS) is 17.1. The van der Waals surface area contributed by atoms with Gasteiger partial charge >= 0.3 is 5.69 Å². The zero-order valence-electron chi connectivity index (χ0n) is 13.3. The first-order valence-electron chi connectivity index (χ1n) is 8.11. The summed E-state index contributed by atoms with van der Waals surface area (Å²) >= 11 is 0. The Balaban J connectivity index is 1.48. The molecule has 1 N–H and O–H groups in total. The number of nitrogens with zero attached hydrogens (tertiary/aromatic N) is 4. The summed E-state index contributed by atoms with van der Waals surface area (Å²) in [6.07, 6.45) is 3.97. The molecule has 4 rings (SSSR count). The van der Waals surface area contributed by atoms with E-state index >= 15 is 0 Å². The fourth-order valence-electron chi connectivity index (χ4n) is 3.55. The molecule has 0 unspecified atom stereocenters. The topological polar surface area (TPSA) is 58.9 Å². The molecule has 0 spiro atoms. The van der Waals surface area contributed by atoms with Gasteiger partial charge in [0.2, 0.25) is 0 Å². The van der Waals surface area contributed by atoms with Crippen LogP contribution in [-0.4, -0.2) is 37.3 Å². The van der Waals surface area contributed by atoms with E-state index in [0.717, 1.165) is 49.2 Å². The van der Waals surface area contributed by atoms with E-state index in [1.54, 1.807) is 0 Å². The van der Waals surface area contributed by atoms with Gasteiger partial charge in [0.1, 0.15) is 0 Å². The van der Waals surface area contributed by atoms with E-state index in [2.05, 4.69) is 21.0 Å². The van der Waals surface area contributed by atoms with Crippen LogP contribution in [-0.2, 0) is 13.6 Å². The summed E-state index contributed by atoms with van der Waals surface area (Å²) < 4.78 is 3.78. The molecular weight excluding hydrogens is 290 g/mol. The number of hydrogen-bond donors (Lipinski definition) is 1. The summed E-state index contributed by atoms with van der Waals surface area (Å²) in [5.41, 5.74) is 3.05. The summed E-state index contributed by atoms with van der Waals surface area (Å²) in [5, 5.41) is 4.44. The van der Waals surface area contributed by atoms with E-state index in [4.69, 9.17) is 0 Å². The maximum Gasteiger partial charge on any atom is 0.326 e. The van der Waals surface area contributed by atoms with Crippen molar-refractivity contribution >= 4 is 11.0 Å². The predicted molar refractivity (Wildman–Crippen MR) is 89.3 cm³/mol. The lowest BCUT2D eigenvalue weighted by atomic mass is 10.0. The zero-order valence-corrected chi connectivity index (χ0v) is 13.3. The molecule has 120 valence electrons. The van der Waals surface area contributed by atoms with Crippen molar-refractivity contribution in [3.63, 3.8) is 0 Å². The highest BCUT2D eigenvalue weighted by atomic mass is 16.1. The minimum absolute atomic E-state index is 0.00868. The second kappa shape index (κ2) is 5.70. The van der Waals surface area contributed by atoms with Gasteiger partial charge in [0.05, 0.1) is 16.7 Å². The first-order valence-corrected chi connectivity index (χ1v) is 8.11. The molecule has 0 bridgehead atoms. The lowest BCUT2D eigenvalue weighted by Gasteiger charge is -2.32. The number of nitrogens with one attached hydrogen (secondary N) is 1. The molecule has 3 aromatic rings. The minimum atomic E-state index is 0.00868. The van der Waals surface area contributed by atoms with Crippen LogP contribution in [0.25, 0.3) is 11.0 Å². The summed E-state index contributed by atoms with van der Waals surface area (Å²) in [5.74, 6) is 0. The van der Waals surface area contributed by atoms with Crippen molar-refractivity contribution in [2.75, 3.05) is 13.1 Å². The third kappa shape index (κ3) is 2.70. The molecule has 1 saturated heterocycles. The van der Waals surface area contributed by atoms with Crippen LogP contribution in [0.5, 0.6) is 0 Å². The second-order valence-corrected chi connectivity index (χ2v) is 6.31. The SMILES string of the molecule is Cn1ccc(CN2CCC(n3c(=O)[nH]c4ccccc43)CC2)n1. The Hall–Kier alpha value is -2.34. The molecule has 2 aromatic heterocycles. The lowest BCUT2D eigenvalue weighted by Crippen LogP contribution is -2.36. The van der Waals surface area contributed by atoms with Crippen LogP contribution in [0.1, 0.15) is 24.6 Å². The number of piperidine rings is 1. The van der Waals surface area contributed by atoms with Gasteiger partial charge < -0.3 is 4.98 Å². The van der Waals surface area contributed by atoms with Crippen LogP contribution in [0, 0.1) is 0 Å². The maximum atomic E-state index is 12.3. The average Bonchev–Trinajstić information content (AvgIpc) is 3.10. The standard InChI is InChI=1S/C17H21N5O/c1-20-9-6-13(19-20)12-21-10-7-14(8-11-21)22-16-5-3-2-4-15(16)18-17(22)23/h2-6,9,14H,7-8,10-12H2,1H3,(H,18,23). The van der Waals surface area contributed by atoms with Crippen molar-refractivity contribution in [3.8, 4) is 0 Å². The molecule has 0 aliphatic carbocycles. The Labute approximate surface area is 134 Å². The Kier molecular flexibility index (Phi) is 3.53. The molecule has 0 atom stereocenters. The van der Waals surface area contributed by atoms with E-state index < -0.39 is 0 Å². The molecule has 0 radical (unpaired) electrons. The number of para-hydroxylation sites is 2. The summed E-state index contributed by atoms with van der Waals surface area (Å²) in [6.45, 7) is 2.87. The average molecular weight is 311 g/mol. The molecule has 1 aromatic carbocycles. The Morgan fingerprint density at radius 2 is 2.00 bits per heavy atom. The van der Waals surface area contributed by atoms with Crippen LogP contribution in [0.15, 0.2) is 41.3 Å². The van der Waals surface area contributed by atoms with Gasteiger partial charge in [-0.05, 0) is 31.0 Å². The van der Waals surface area contributed by atoms with Gasteiger partial charge in [0.15, 0.2) is 0 Å². The molecular formula is C17H21N5O. The highest BCUT2D eigenvalue weighted by Gasteiger charge is 2.23. The van der Waals surface area contributed by atoms with Crippen molar-refractivity contribution in [2.24, 2.45) is 7.05 Å². The van der Waals surface area contributed by atoms with Crippen molar-refractivity contribution in [2.45, 2.75) is 25.4 Å². The molecule has 0 amide bonds. The highest BCUT2D eigenvalue weighted by Crippen LogP contribution is 2.25. The predicted octanol–water partition coefficient (Wildman–Crippen LogP) is 1.90. The summed E-state index contributed by atoms with van der Waals surface area (Å²) in [7, 11) is 1.94. The Morgan fingerprint density at radius 3 is 2.74 bits per heavy atom. The molecule has 23 heavy (non-hydrogen) atoms. The summed E-state index contributed by atoms with van der Waals surface area (Å²) in [4.78, 5) is 17.7. The van der Waals surface area contributed by atoms with Crippen molar-refractivity contribution in [3.05, 3.63) is 52.7 Å². The second-order valence-electron chi connectivity index (χ2n) is 6.31. The van der Waals surface area contributed by atoms with Gasteiger partial charge in [-0.1, -0.05) is 12.1 Å². The van der Waals surface area contributed by atoms with E-state index in [1.807, 2.05) is 46.8 Å². The van der Waals surface area contributed by atoms with Gasteiger partial charge in [0.25, 0.3) is 0 Å². The molecule has 1 fully saturated rings. The van der Waals surface area contributed by atoms with Gasteiger partial charge in [0, 0.05) is 38.9 Å². The van der Waals surface area contributed by atoms with Gasteiger partial charge in [-0.3, -0.25) is 14.1 Å². The molecule has 0 saturated carbocycles. The first kappa shape index (κ1) is 14.3. The quantitative estimate of drug-likeness (QED) is 0.804. The minimum Gasteiger partial charge on any atom is -0.306 e. The Morgan fingerprint density at radius 1 is 1.22 bits per heavy atom. The lowest BCUT2D eigenvalue weighted by molar-refractivity contribution is 0.178. The van der Waals surface area contributed by atoms with Crippen molar-refractivity contribution in [1.29, 1.82) is 0 Å². The molecule has 1 aliphatic heterocycles. The highest BCUT2D eigenvalue weighted by molar-refractivity contribution is 5.75. The van der Waals surface area contributed by atoms with Crippen molar-refractivity contribution < 1.29 is 0 Å². The number of aromatic amines is 1. The van der Waals surface area contributed by atoms with E-state index in [-0.39, 0.29) is 11.7 Å². The van der Waals surface area contributed by atoms with Crippen LogP contribution in [0.3, 0.4) is 0 Å². The largest absolute Gasteiger partial charge is 0.326 e. The van der Waals surface area contributed by atoms with Crippen LogP contribution in [0.2, 0.25) is 0 Å². The summed E-state index contributed by atoms with van der Waals surface area (Å²) in [6, 6.07) is 10.3. The van der Waals surface area contributed by atoms with Crippen LogP contribution in [0.4, 0.5) is 0 Å². The zero-order chi connectivity index (χ0) is 15.8. The number of fused-ring (bicyclic) bond motifs is 1. The third-order valence-electron chi connectivity index (χ3n) is 4.70. The molecule has 3 heterocycles. The number of aromatic nitrogens is 4. The number of H-pyrrole nitrogens is 1. The number of likely N-dealkylation sites (tertiary alicyclic amines) is 1. The fourth-order valence-corrected chi connectivity index (χ4v) is 3.55. The number of benzene rings is 1. The smallest absolute Gasteiger partial charge is 0.306 e. The van der Waals surface area contributed by atoms with Gasteiger partial charge in [-0.2, -0.15) is 5.10 Å². The van der Waals surface area contributed by atoms with Crippen LogP contribution < -0.4 is 5.69 Å².